The van der Waals surface area contributed by atoms with Crippen molar-refractivity contribution in [3.8, 4) is 0 Å². The third kappa shape index (κ3) is 6.12. The summed E-state index contributed by atoms with van der Waals surface area (Å²) in [5.74, 6) is 0. The second-order valence-corrected chi connectivity index (χ2v) is 5.48. The molecule has 0 aromatic heterocycles. The Bertz CT molecular complexity index is 449. The Labute approximate surface area is 127 Å². The second-order valence-electron chi connectivity index (χ2n) is 5.48. The Balaban J connectivity index is 2.71. The van der Waals surface area contributed by atoms with E-state index in [9.17, 15) is 10.1 Å². The molecule has 0 saturated heterocycles. The normalized spacial score (nSPS) is 10.9. The Morgan fingerprint density at radius 3 is 2.62 bits per heavy atom. The molecule has 1 aromatic carbocycles. The number of nitrogens with zero attached hydrogens (tertiary/aromatic N) is 2. The summed E-state index contributed by atoms with van der Waals surface area (Å²) in [5, 5.41) is 14.3. The van der Waals surface area contributed by atoms with E-state index in [1.54, 1.807) is 6.07 Å². The smallest absolute Gasteiger partial charge is 0.292 e. The molecule has 0 aliphatic heterocycles. The number of anilines is 1. The highest BCUT2D eigenvalue weighted by Gasteiger charge is 2.14. The summed E-state index contributed by atoms with van der Waals surface area (Å²) in [7, 11) is 2.06. The van der Waals surface area contributed by atoms with E-state index in [2.05, 4.69) is 24.2 Å². The van der Waals surface area contributed by atoms with Crippen LogP contribution in [0.4, 0.5) is 11.4 Å². The van der Waals surface area contributed by atoms with Crippen LogP contribution in [0.25, 0.3) is 0 Å². The summed E-state index contributed by atoms with van der Waals surface area (Å²) in [6.07, 6.45) is 4.55. The van der Waals surface area contributed by atoms with Crippen LogP contribution in [0, 0.1) is 10.1 Å². The van der Waals surface area contributed by atoms with Gasteiger partial charge in [-0.2, -0.15) is 0 Å². The molecule has 1 N–H and O–H groups in total. The summed E-state index contributed by atoms with van der Waals surface area (Å²) in [4.78, 5) is 13.1. The maximum Gasteiger partial charge on any atom is 0.292 e. The molecule has 0 aliphatic rings. The van der Waals surface area contributed by atoms with Crippen molar-refractivity contribution in [2.75, 3.05) is 25.5 Å². The van der Waals surface area contributed by atoms with Crippen LogP contribution < -0.4 is 5.32 Å². The van der Waals surface area contributed by atoms with Crippen molar-refractivity contribution in [1.82, 2.24) is 4.90 Å². The summed E-state index contributed by atoms with van der Waals surface area (Å²) >= 11 is 0. The molecule has 0 amide bonds. The van der Waals surface area contributed by atoms with Gasteiger partial charge < -0.3 is 10.2 Å². The SMILES string of the molecule is CCCCCN(C)Cc1ccc(NCCC)c([N+](=O)[O-])c1. The molecule has 0 unspecified atom stereocenters. The first-order chi connectivity index (χ1) is 10.1. The molecule has 0 fully saturated rings. The van der Waals surface area contributed by atoms with Gasteiger partial charge in [-0.3, -0.25) is 10.1 Å². The van der Waals surface area contributed by atoms with E-state index in [1.807, 2.05) is 19.1 Å². The zero-order valence-corrected chi connectivity index (χ0v) is 13.4. The maximum absolute atomic E-state index is 11.2. The minimum atomic E-state index is -0.307. The van der Waals surface area contributed by atoms with E-state index in [0.29, 0.717) is 5.69 Å². The van der Waals surface area contributed by atoms with Crippen molar-refractivity contribution in [2.45, 2.75) is 46.1 Å². The van der Waals surface area contributed by atoms with E-state index in [4.69, 9.17) is 0 Å². The summed E-state index contributed by atoms with van der Waals surface area (Å²) < 4.78 is 0. The molecule has 1 aromatic rings. The van der Waals surface area contributed by atoms with Gasteiger partial charge in [0.05, 0.1) is 4.92 Å². The number of hydrogen-bond acceptors (Lipinski definition) is 4. The maximum atomic E-state index is 11.2. The zero-order chi connectivity index (χ0) is 15.7. The van der Waals surface area contributed by atoms with Crippen LogP contribution >= 0.6 is 0 Å². The lowest BCUT2D eigenvalue weighted by Crippen LogP contribution is -2.19. The number of benzene rings is 1. The third-order valence-corrected chi connectivity index (χ3v) is 3.42. The average molecular weight is 293 g/mol. The number of unbranched alkanes of at least 4 members (excludes halogenated alkanes) is 2. The van der Waals surface area contributed by atoms with Gasteiger partial charge in [-0.1, -0.05) is 32.8 Å². The van der Waals surface area contributed by atoms with Gasteiger partial charge in [0, 0.05) is 19.2 Å². The van der Waals surface area contributed by atoms with Crippen LogP contribution in [0.2, 0.25) is 0 Å². The Hall–Kier alpha value is -1.62. The lowest BCUT2D eigenvalue weighted by atomic mass is 10.1. The minimum Gasteiger partial charge on any atom is -0.380 e. The topological polar surface area (TPSA) is 58.4 Å². The second kappa shape index (κ2) is 9.34. The van der Waals surface area contributed by atoms with Crippen LogP contribution in [0.15, 0.2) is 18.2 Å². The van der Waals surface area contributed by atoms with Crippen LogP contribution in [-0.2, 0) is 6.54 Å². The standard InChI is InChI=1S/C16H27N3O2/c1-4-6-7-11-18(3)13-14-8-9-15(17-10-5-2)16(12-14)19(20)21/h8-9,12,17H,4-7,10-11,13H2,1-3H3. The molecule has 21 heavy (non-hydrogen) atoms. The Morgan fingerprint density at radius 1 is 1.24 bits per heavy atom. The number of rotatable bonds is 10. The van der Waals surface area contributed by atoms with E-state index in [1.165, 1.54) is 19.3 Å². The highest BCUT2D eigenvalue weighted by atomic mass is 16.6. The van der Waals surface area contributed by atoms with Crippen LogP contribution in [-0.4, -0.2) is 30.0 Å². The summed E-state index contributed by atoms with van der Waals surface area (Å²) in [5.41, 5.74) is 1.77. The molecule has 0 radical (unpaired) electrons. The zero-order valence-electron chi connectivity index (χ0n) is 13.4. The van der Waals surface area contributed by atoms with Gasteiger partial charge in [0.2, 0.25) is 0 Å². The predicted octanol–water partition coefficient (Wildman–Crippen LogP) is 4.04. The fourth-order valence-corrected chi connectivity index (χ4v) is 2.26. The molecular formula is C16H27N3O2. The van der Waals surface area contributed by atoms with Crippen LogP contribution in [0.5, 0.6) is 0 Å². The first-order valence-electron chi connectivity index (χ1n) is 7.78. The van der Waals surface area contributed by atoms with Crippen LogP contribution in [0.1, 0.15) is 45.1 Å². The van der Waals surface area contributed by atoms with Gasteiger partial charge in [-0.05, 0) is 38.1 Å². The average Bonchev–Trinajstić information content (AvgIpc) is 2.46. The van der Waals surface area contributed by atoms with Crippen molar-refractivity contribution in [3.63, 3.8) is 0 Å². The highest BCUT2D eigenvalue weighted by molar-refractivity contribution is 5.62. The van der Waals surface area contributed by atoms with Gasteiger partial charge in [0.15, 0.2) is 0 Å². The Morgan fingerprint density at radius 2 is 2.00 bits per heavy atom. The molecule has 0 atom stereocenters. The summed E-state index contributed by atoms with van der Waals surface area (Å²) in [6.45, 7) is 6.75. The lowest BCUT2D eigenvalue weighted by molar-refractivity contribution is -0.384. The van der Waals surface area contributed by atoms with Gasteiger partial charge in [-0.15, -0.1) is 0 Å². The fourth-order valence-electron chi connectivity index (χ4n) is 2.26. The number of nitro benzene ring substituents is 1. The fraction of sp³-hybridized carbons (Fsp3) is 0.625. The highest BCUT2D eigenvalue weighted by Crippen LogP contribution is 2.26. The van der Waals surface area contributed by atoms with E-state index in [0.717, 1.165) is 31.6 Å². The van der Waals surface area contributed by atoms with E-state index in [-0.39, 0.29) is 10.6 Å². The predicted molar refractivity (Wildman–Crippen MR) is 87.7 cm³/mol. The third-order valence-electron chi connectivity index (χ3n) is 3.42. The monoisotopic (exact) mass is 293 g/mol. The summed E-state index contributed by atoms with van der Waals surface area (Å²) in [6, 6.07) is 5.48. The van der Waals surface area contributed by atoms with Crippen molar-refractivity contribution >= 4 is 11.4 Å². The molecule has 0 spiro atoms. The van der Waals surface area contributed by atoms with Crippen molar-refractivity contribution in [2.24, 2.45) is 0 Å². The minimum absolute atomic E-state index is 0.169. The molecule has 0 bridgehead atoms. The van der Waals surface area contributed by atoms with E-state index < -0.39 is 0 Å². The largest absolute Gasteiger partial charge is 0.380 e. The van der Waals surface area contributed by atoms with Gasteiger partial charge >= 0.3 is 0 Å². The van der Waals surface area contributed by atoms with Crippen molar-refractivity contribution < 1.29 is 4.92 Å². The van der Waals surface area contributed by atoms with E-state index >= 15 is 0 Å². The van der Waals surface area contributed by atoms with Gasteiger partial charge in [-0.25, -0.2) is 0 Å². The molecule has 5 heteroatoms. The first-order valence-corrected chi connectivity index (χ1v) is 7.78. The number of nitro groups is 1. The van der Waals surface area contributed by atoms with Crippen molar-refractivity contribution in [3.05, 3.63) is 33.9 Å². The lowest BCUT2D eigenvalue weighted by Gasteiger charge is -2.17. The molecule has 0 aliphatic carbocycles. The van der Waals surface area contributed by atoms with Crippen molar-refractivity contribution in [1.29, 1.82) is 0 Å². The molecule has 5 nitrogen and oxygen atoms in total. The number of nitrogens with one attached hydrogen (secondary N) is 1. The first kappa shape index (κ1) is 17.4. The molecular weight excluding hydrogens is 266 g/mol. The van der Waals surface area contributed by atoms with Gasteiger partial charge in [0.25, 0.3) is 5.69 Å². The van der Waals surface area contributed by atoms with Crippen LogP contribution in [0.3, 0.4) is 0 Å². The quantitative estimate of drug-likeness (QED) is 0.402. The molecule has 1 rings (SSSR count). The molecule has 0 heterocycles. The molecule has 118 valence electrons. The number of hydrogen-bond donors (Lipinski definition) is 1. The Kier molecular flexibility index (Phi) is 7.75. The van der Waals surface area contributed by atoms with Gasteiger partial charge in [0.1, 0.15) is 5.69 Å². The molecule has 0 saturated carbocycles.